The molecule has 1 unspecified atom stereocenters. The van der Waals surface area contributed by atoms with Gasteiger partial charge in [-0.1, -0.05) is 0 Å². The molecule has 0 aromatic heterocycles. The van der Waals surface area contributed by atoms with Crippen molar-refractivity contribution >= 4 is 10.0 Å². The molecule has 0 saturated carbocycles. The highest BCUT2D eigenvalue weighted by Crippen LogP contribution is 2.19. The molecule has 0 aliphatic carbocycles. The fourth-order valence-electron chi connectivity index (χ4n) is 1.74. The number of rotatable bonds is 4. The second kappa shape index (κ2) is 5.12. The number of halogens is 2. The zero-order valence-corrected chi connectivity index (χ0v) is 10.7. The van der Waals surface area contributed by atoms with Gasteiger partial charge >= 0.3 is 0 Å². The predicted octanol–water partition coefficient (Wildman–Crippen LogP) is 0.394. The van der Waals surface area contributed by atoms with Gasteiger partial charge in [0.05, 0.1) is 6.61 Å². The van der Waals surface area contributed by atoms with E-state index >= 15 is 0 Å². The van der Waals surface area contributed by atoms with E-state index < -0.39 is 32.2 Å². The fourth-order valence-corrected chi connectivity index (χ4v) is 2.91. The molecule has 5 nitrogen and oxygen atoms in total. The van der Waals surface area contributed by atoms with Gasteiger partial charge in [-0.05, 0) is 12.1 Å². The Morgan fingerprint density at radius 1 is 1.42 bits per heavy atom. The first-order valence-electron chi connectivity index (χ1n) is 5.57. The first-order chi connectivity index (χ1) is 8.82. The van der Waals surface area contributed by atoms with Crippen LogP contribution in [0.1, 0.15) is 6.42 Å². The minimum atomic E-state index is -4.14. The van der Waals surface area contributed by atoms with Crippen molar-refractivity contribution in [1.82, 2.24) is 4.72 Å². The monoisotopic (exact) mass is 293 g/mol. The molecule has 1 heterocycles. The van der Waals surface area contributed by atoms with Gasteiger partial charge in [0.15, 0.2) is 0 Å². The van der Waals surface area contributed by atoms with Gasteiger partial charge in [0.2, 0.25) is 10.0 Å². The minimum absolute atomic E-state index is 0.0153. The van der Waals surface area contributed by atoms with Crippen molar-refractivity contribution < 1.29 is 27.0 Å². The fraction of sp³-hybridized carbons (Fsp3) is 0.455. The van der Waals surface area contributed by atoms with Crippen molar-refractivity contribution in [3.63, 3.8) is 0 Å². The second-order valence-corrected chi connectivity index (χ2v) is 6.16. The minimum Gasteiger partial charge on any atom is -0.386 e. The highest BCUT2D eigenvalue weighted by Gasteiger charge is 2.34. The number of hydrogen-bond acceptors (Lipinski definition) is 4. The summed E-state index contributed by atoms with van der Waals surface area (Å²) in [5.74, 6) is -2.04. The molecule has 2 N–H and O–H groups in total. The summed E-state index contributed by atoms with van der Waals surface area (Å²) >= 11 is 0. The van der Waals surface area contributed by atoms with Crippen LogP contribution in [-0.4, -0.2) is 38.9 Å². The lowest BCUT2D eigenvalue weighted by atomic mass is 10.1. The smallest absolute Gasteiger partial charge is 0.243 e. The lowest BCUT2D eigenvalue weighted by Gasteiger charge is -2.20. The Morgan fingerprint density at radius 3 is 2.74 bits per heavy atom. The van der Waals surface area contributed by atoms with Crippen molar-refractivity contribution in [2.45, 2.75) is 16.9 Å². The van der Waals surface area contributed by atoms with Crippen LogP contribution >= 0.6 is 0 Å². The number of benzene rings is 1. The van der Waals surface area contributed by atoms with Crippen LogP contribution in [0, 0.1) is 11.6 Å². The standard InChI is InChI=1S/C11H13F2NO4S/c12-8-1-2-10(9(13)5-8)19(16,17)14-6-11(15)3-4-18-7-11/h1-2,5,14-15H,3-4,6-7H2. The normalized spacial score (nSPS) is 23.7. The van der Waals surface area contributed by atoms with Gasteiger partial charge in [-0.15, -0.1) is 0 Å². The molecule has 106 valence electrons. The molecule has 0 spiro atoms. The summed E-state index contributed by atoms with van der Waals surface area (Å²) in [5, 5.41) is 9.91. The predicted molar refractivity (Wildman–Crippen MR) is 61.9 cm³/mol. The topological polar surface area (TPSA) is 75.6 Å². The van der Waals surface area contributed by atoms with Crippen LogP contribution < -0.4 is 4.72 Å². The van der Waals surface area contributed by atoms with E-state index in [-0.39, 0.29) is 13.2 Å². The number of aliphatic hydroxyl groups is 1. The molecule has 1 aliphatic heterocycles. The Hall–Kier alpha value is -1.09. The molecule has 0 bridgehead atoms. The number of ether oxygens (including phenoxy) is 1. The Labute approximate surface area is 109 Å². The van der Waals surface area contributed by atoms with E-state index in [4.69, 9.17) is 4.74 Å². The Bertz CT molecular complexity index is 570. The molecule has 1 atom stereocenters. The van der Waals surface area contributed by atoms with Crippen LogP contribution in [0.2, 0.25) is 0 Å². The van der Waals surface area contributed by atoms with Crippen LogP contribution in [0.4, 0.5) is 8.78 Å². The van der Waals surface area contributed by atoms with Crippen molar-refractivity contribution in [3.8, 4) is 0 Å². The first kappa shape index (κ1) is 14.3. The second-order valence-electron chi connectivity index (χ2n) is 4.43. The SMILES string of the molecule is O=S(=O)(NCC1(O)CCOC1)c1ccc(F)cc1F. The maximum absolute atomic E-state index is 13.4. The lowest BCUT2D eigenvalue weighted by molar-refractivity contribution is 0.0314. The van der Waals surface area contributed by atoms with Gasteiger partial charge in [-0.2, -0.15) is 0 Å². The van der Waals surface area contributed by atoms with Gasteiger partial charge < -0.3 is 9.84 Å². The van der Waals surface area contributed by atoms with Crippen molar-refractivity contribution in [1.29, 1.82) is 0 Å². The van der Waals surface area contributed by atoms with Crippen LogP contribution in [0.15, 0.2) is 23.1 Å². The van der Waals surface area contributed by atoms with E-state index in [1.54, 1.807) is 0 Å². The molecule has 2 rings (SSSR count). The van der Waals surface area contributed by atoms with Gasteiger partial charge in [-0.25, -0.2) is 21.9 Å². The molecular weight excluding hydrogens is 280 g/mol. The number of sulfonamides is 1. The van der Waals surface area contributed by atoms with E-state index in [0.717, 1.165) is 12.1 Å². The molecular formula is C11H13F2NO4S. The molecule has 8 heteroatoms. The van der Waals surface area contributed by atoms with Crippen molar-refractivity contribution in [2.75, 3.05) is 19.8 Å². The Morgan fingerprint density at radius 2 is 2.16 bits per heavy atom. The summed E-state index contributed by atoms with van der Waals surface area (Å²) in [6, 6.07) is 2.18. The largest absolute Gasteiger partial charge is 0.386 e. The third-order valence-electron chi connectivity index (χ3n) is 2.86. The van der Waals surface area contributed by atoms with Crippen LogP contribution in [0.5, 0.6) is 0 Å². The lowest BCUT2D eigenvalue weighted by Crippen LogP contribution is -2.43. The van der Waals surface area contributed by atoms with E-state index in [1.165, 1.54) is 0 Å². The summed E-state index contributed by atoms with van der Waals surface area (Å²) in [6.07, 6.45) is 0.293. The van der Waals surface area contributed by atoms with Crippen LogP contribution in [0.3, 0.4) is 0 Å². The van der Waals surface area contributed by atoms with Gasteiger partial charge in [0.1, 0.15) is 22.1 Å². The third-order valence-corrected chi connectivity index (χ3v) is 4.29. The quantitative estimate of drug-likeness (QED) is 0.842. The molecule has 1 aromatic carbocycles. The van der Waals surface area contributed by atoms with Gasteiger partial charge in [0, 0.05) is 25.6 Å². The van der Waals surface area contributed by atoms with E-state index in [1.807, 2.05) is 0 Å². The molecule has 1 aromatic rings. The van der Waals surface area contributed by atoms with E-state index in [9.17, 15) is 22.3 Å². The van der Waals surface area contributed by atoms with E-state index in [0.29, 0.717) is 19.1 Å². The number of hydrogen-bond donors (Lipinski definition) is 2. The van der Waals surface area contributed by atoms with Crippen molar-refractivity contribution in [2.24, 2.45) is 0 Å². The summed E-state index contributed by atoms with van der Waals surface area (Å²) in [7, 11) is -4.14. The third kappa shape index (κ3) is 3.27. The molecule has 0 amide bonds. The Balaban J connectivity index is 2.14. The van der Waals surface area contributed by atoms with Gasteiger partial charge in [0.25, 0.3) is 0 Å². The molecule has 19 heavy (non-hydrogen) atoms. The zero-order chi connectivity index (χ0) is 14.1. The summed E-state index contributed by atoms with van der Waals surface area (Å²) in [5.41, 5.74) is -1.29. The highest BCUT2D eigenvalue weighted by molar-refractivity contribution is 7.89. The molecule has 1 aliphatic rings. The van der Waals surface area contributed by atoms with E-state index in [2.05, 4.69) is 4.72 Å². The maximum Gasteiger partial charge on any atom is 0.243 e. The van der Waals surface area contributed by atoms with Crippen LogP contribution in [-0.2, 0) is 14.8 Å². The average Bonchev–Trinajstić information content (AvgIpc) is 2.74. The van der Waals surface area contributed by atoms with Gasteiger partial charge in [-0.3, -0.25) is 0 Å². The summed E-state index contributed by atoms with van der Waals surface area (Å²) in [6.45, 7) is 0.0662. The van der Waals surface area contributed by atoms with Crippen LogP contribution in [0.25, 0.3) is 0 Å². The molecule has 1 fully saturated rings. The zero-order valence-electron chi connectivity index (χ0n) is 9.90. The molecule has 1 saturated heterocycles. The molecule has 0 radical (unpaired) electrons. The number of nitrogens with one attached hydrogen (secondary N) is 1. The Kier molecular flexibility index (Phi) is 3.86. The van der Waals surface area contributed by atoms with Crippen molar-refractivity contribution in [3.05, 3.63) is 29.8 Å². The maximum atomic E-state index is 13.4. The average molecular weight is 293 g/mol. The first-order valence-corrected chi connectivity index (χ1v) is 7.06. The summed E-state index contributed by atoms with van der Waals surface area (Å²) in [4.78, 5) is -0.656. The highest BCUT2D eigenvalue weighted by atomic mass is 32.2. The summed E-state index contributed by atoms with van der Waals surface area (Å²) < 4.78 is 56.8.